The maximum absolute atomic E-state index is 14.1. The molecule has 6 N–H and O–H groups in total. The van der Waals surface area contributed by atoms with Gasteiger partial charge in [0, 0.05) is 39.0 Å². The monoisotopic (exact) mass is 1190 g/mol. The third-order valence-electron chi connectivity index (χ3n) is 14.4. The lowest BCUT2D eigenvalue weighted by atomic mass is 9.85. The first kappa shape index (κ1) is 65.2. The van der Waals surface area contributed by atoms with Gasteiger partial charge >= 0.3 is 0 Å². The van der Waals surface area contributed by atoms with Crippen LogP contribution in [0.1, 0.15) is 76.9 Å². The van der Waals surface area contributed by atoms with Crippen LogP contribution in [-0.2, 0) is 70.2 Å². The molecule has 24 heteroatoms. The summed E-state index contributed by atoms with van der Waals surface area (Å²) in [6.07, 6.45) is -2.12. The van der Waals surface area contributed by atoms with Gasteiger partial charge in [-0.25, -0.2) is 9.97 Å². The van der Waals surface area contributed by atoms with Crippen LogP contribution in [0.2, 0.25) is 0 Å². The van der Waals surface area contributed by atoms with Crippen molar-refractivity contribution < 1.29 is 67.3 Å². The fourth-order valence-electron chi connectivity index (χ4n) is 9.75. The van der Waals surface area contributed by atoms with Crippen LogP contribution in [-0.4, -0.2) is 201 Å². The number of hydrogen-bond acceptors (Lipinski definition) is 19. The minimum Gasteiger partial charge on any atom is -0.391 e. The van der Waals surface area contributed by atoms with Crippen LogP contribution >= 0.6 is 22.7 Å². The molecule has 83 heavy (non-hydrogen) atoms. The Morgan fingerprint density at radius 2 is 1.00 bits per heavy atom. The first-order valence-corrected chi connectivity index (χ1v) is 30.1. The Kier molecular flexibility index (Phi) is 24.5. The number of nitrogens with one attached hydrogen (secondary N) is 4. The summed E-state index contributed by atoms with van der Waals surface area (Å²) in [6.45, 7) is 19.0. The van der Waals surface area contributed by atoms with E-state index < -0.39 is 65.2 Å². The number of ether oxygens (including phenoxy) is 7. The van der Waals surface area contributed by atoms with Crippen molar-refractivity contribution in [2.45, 2.75) is 130 Å². The van der Waals surface area contributed by atoms with Gasteiger partial charge in [-0.3, -0.25) is 29.3 Å². The number of amides is 5. The lowest BCUT2D eigenvalue weighted by Crippen LogP contribution is -2.58. The van der Waals surface area contributed by atoms with E-state index >= 15 is 0 Å². The van der Waals surface area contributed by atoms with Crippen LogP contribution in [0.15, 0.2) is 59.6 Å². The van der Waals surface area contributed by atoms with E-state index in [4.69, 9.17) is 33.2 Å². The number of epoxide rings is 1. The van der Waals surface area contributed by atoms with E-state index in [0.717, 1.165) is 43.4 Å². The van der Waals surface area contributed by atoms with Gasteiger partial charge in [-0.2, -0.15) is 0 Å². The summed E-state index contributed by atoms with van der Waals surface area (Å²) in [4.78, 5) is 81.6. The van der Waals surface area contributed by atoms with Crippen molar-refractivity contribution in [3.63, 3.8) is 0 Å². The topological polar surface area (TPSA) is 274 Å². The number of carbonyl (C=O) groups is 5. The second-order valence-electron chi connectivity index (χ2n) is 23.2. The van der Waals surface area contributed by atoms with E-state index in [-0.39, 0.29) is 82.7 Å². The molecule has 0 radical (unpaired) electrons. The quantitative estimate of drug-likeness (QED) is 0.0300. The summed E-state index contributed by atoms with van der Waals surface area (Å²) in [5, 5.41) is 33.2. The van der Waals surface area contributed by atoms with Gasteiger partial charge < -0.3 is 69.1 Å². The van der Waals surface area contributed by atoms with Crippen LogP contribution in [0.25, 0.3) is 20.9 Å². The van der Waals surface area contributed by atoms with Crippen molar-refractivity contribution >= 4 is 52.2 Å². The molecule has 0 aliphatic carbocycles. The zero-order chi connectivity index (χ0) is 59.7. The van der Waals surface area contributed by atoms with Crippen molar-refractivity contribution in [2.75, 3.05) is 92.4 Å². The van der Waals surface area contributed by atoms with Crippen LogP contribution in [0.4, 0.5) is 0 Å². The molecule has 2 aromatic heterocycles. The number of benzene rings is 2. The van der Waals surface area contributed by atoms with Crippen molar-refractivity contribution in [2.24, 2.45) is 10.8 Å². The molecular weight excluding hydrogens is 1110 g/mol. The minimum absolute atomic E-state index is 0.0274. The van der Waals surface area contributed by atoms with Crippen molar-refractivity contribution in [3.8, 4) is 20.9 Å². The maximum atomic E-state index is 14.1. The van der Waals surface area contributed by atoms with Crippen LogP contribution in [0.3, 0.4) is 0 Å². The molecule has 7 rings (SSSR count). The fraction of sp³-hybridized carbons (Fsp3) is 0.610. The van der Waals surface area contributed by atoms with E-state index in [1.807, 2.05) is 109 Å². The van der Waals surface area contributed by atoms with Crippen LogP contribution in [0, 0.1) is 24.7 Å². The lowest BCUT2D eigenvalue weighted by Gasteiger charge is -2.35. The molecule has 5 heterocycles. The highest BCUT2D eigenvalue weighted by Gasteiger charge is 2.49. The second-order valence-corrected chi connectivity index (χ2v) is 24.9. The predicted molar refractivity (Wildman–Crippen MR) is 312 cm³/mol. The number of aliphatic hydroxyl groups excluding tert-OH is 2. The number of β-amino-alcohol motifs (C(OH)–C–C–N with tert-alkyl or cyclic N) is 2. The van der Waals surface area contributed by atoms with E-state index in [2.05, 4.69) is 31.2 Å². The lowest BCUT2D eigenvalue weighted by molar-refractivity contribution is -0.144. The van der Waals surface area contributed by atoms with Gasteiger partial charge in [-0.15, -0.1) is 22.7 Å². The van der Waals surface area contributed by atoms with Gasteiger partial charge in [0.2, 0.25) is 29.5 Å². The molecule has 4 aromatic rings. The number of hydrogen-bond donors (Lipinski definition) is 6. The number of aromatic nitrogens is 2. The first-order valence-electron chi connectivity index (χ1n) is 28.4. The molecule has 2 aromatic carbocycles. The Morgan fingerprint density at radius 3 is 1.40 bits per heavy atom. The number of aliphatic hydroxyl groups is 2. The normalized spacial score (nSPS) is 20.6. The van der Waals surface area contributed by atoms with Gasteiger partial charge in [-0.05, 0) is 46.9 Å². The summed E-state index contributed by atoms with van der Waals surface area (Å²) in [5.74, 6) is -1.92. The third-order valence-corrected chi connectivity index (χ3v) is 16.4. The molecule has 8 atom stereocenters. The van der Waals surface area contributed by atoms with Gasteiger partial charge in [0.25, 0.3) is 0 Å². The molecule has 3 fully saturated rings. The summed E-state index contributed by atoms with van der Waals surface area (Å²) < 4.78 is 39.5. The summed E-state index contributed by atoms with van der Waals surface area (Å²) >= 11 is 3.15. The number of aryl methyl sites for hydroxylation is 2. The average Bonchev–Trinajstić information content (AvgIpc) is 3.68. The molecule has 3 saturated heterocycles. The Bertz CT molecular complexity index is 2720. The first-order chi connectivity index (χ1) is 39.7. The Morgan fingerprint density at radius 1 is 0.602 bits per heavy atom. The molecule has 0 spiro atoms. The Balaban J connectivity index is 0.676. The Labute approximate surface area is 494 Å². The molecule has 3 aliphatic rings. The SMILES string of the molecule is Cc1ncsc1-c1ccc(CNC(=O)[C@@H]2C[C@@H](O)CN2C(=O)[C@@H](NC(=O)COCCOCCOCCOCCOCCOCC2OC2N[C@H](C(=O)N2C[C@H](O)C[C@H]2C(=O)NCc2ccc(-c3scnc3C)cc2)C(C)(C)C)C(C)(C)C)cc1. The number of rotatable bonds is 32. The van der Waals surface area contributed by atoms with Gasteiger partial charge in [0.05, 0.1) is 123 Å². The smallest absolute Gasteiger partial charge is 0.246 e. The number of nitrogens with zero attached hydrogens (tertiary/aromatic N) is 4. The van der Waals surface area contributed by atoms with Crippen LogP contribution in [0.5, 0.6) is 0 Å². The van der Waals surface area contributed by atoms with Gasteiger partial charge in [-0.1, -0.05) is 90.1 Å². The van der Waals surface area contributed by atoms with E-state index in [0.29, 0.717) is 59.5 Å². The molecule has 0 saturated carbocycles. The highest BCUT2D eigenvalue weighted by atomic mass is 32.1. The second kappa shape index (κ2) is 31.2. The van der Waals surface area contributed by atoms with E-state index in [1.54, 1.807) is 28.2 Å². The number of thiazole rings is 2. The zero-order valence-corrected chi connectivity index (χ0v) is 50.7. The largest absolute Gasteiger partial charge is 0.391 e. The third kappa shape index (κ3) is 19.6. The van der Waals surface area contributed by atoms with Crippen molar-refractivity contribution in [1.82, 2.24) is 41.0 Å². The summed E-state index contributed by atoms with van der Waals surface area (Å²) in [6, 6.07) is 12.4. The van der Waals surface area contributed by atoms with E-state index in [9.17, 15) is 34.2 Å². The summed E-state index contributed by atoms with van der Waals surface area (Å²) in [5.41, 5.74) is 8.22. The molecule has 22 nitrogen and oxygen atoms in total. The molecule has 2 unspecified atom stereocenters. The minimum atomic E-state index is -0.979. The van der Waals surface area contributed by atoms with Crippen molar-refractivity contribution in [1.29, 1.82) is 0 Å². The van der Waals surface area contributed by atoms with Crippen molar-refractivity contribution in [3.05, 3.63) is 82.1 Å². The Hall–Kier alpha value is -5.35. The zero-order valence-electron chi connectivity index (χ0n) is 49.0. The predicted octanol–water partition coefficient (Wildman–Crippen LogP) is 3.77. The van der Waals surface area contributed by atoms with E-state index in [1.165, 1.54) is 9.80 Å². The number of likely N-dealkylation sites (tertiary alicyclic amines) is 2. The van der Waals surface area contributed by atoms with Gasteiger partial charge in [0.1, 0.15) is 37.1 Å². The summed E-state index contributed by atoms with van der Waals surface area (Å²) in [7, 11) is 0. The van der Waals surface area contributed by atoms with Crippen LogP contribution < -0.4 is 21.3 Å². The fourth-order valence-corrected chi connectivity index (χ4v) is 11.4. The number of carbonyl (C=O) groups excluding carboxylic acids is 5. The standard InChI is InChI=1S/C59H84N8O14S2/c1-37-49(82-35-62-37)41-13-9-39(10-14-41)29-60-53(71)45-27-43(68)31-66(45)56(73)51(58(3,4)5)64-48(70)34-80-26-24-78-22-20-76-18-17-75-19-21-77-23-25-79-33-47-55(81-47)65-52(59(6,7)8)57(74)67-32-44(69)28-46(67)54(72)61-30-40-11-15-42(16-12-40)50-38(2)63-36-83-50/h9-16,35-36,43-47,51-52,55,65,68-69H,17-34H2,1-8H3,(H,60,71)(H,61,72)(H,64,70)/t43-,44-,45+,46+,47?,51-,52-,55?/m1/s1. The molecule has 5 amide bonds. The molecule has 3 aliphatic heterocycles. The average molecular weight is 1190 g/mol. The molecule has 0 bridgehead atoms. The highest BCUT2D eigenvalue weighted by molar-refractivity contribution is 7.13. The maximum Gasteiger partial charge on any atom is 0.246 e. The highest BCUT2D eigenvalue weighted by Crippen LogP contribution is 2.32. The molecular formula is C59H84N8O14S2. The van der Waals surface area contributed by atoms with Gasteiger partial charge in [0.15, 0.2) is 0 Å². The molecule has 456 valence electrons.